The standard InChI is InChI=1S/C19H17N3O6S/c1-22-18(24)13-8-4-3-7-12(13)17(21-22)19(25)28-11-16(23)20-14-9-5-6-10-15(14)29(2,26)27/h3-10H,11H2,1-2H3,(H,20,23). The number of carbonyl (C=O) groups excluding carboxylic acids is 2. The van der Waals surface area contributed by atoms with Crippen molar-refractivity contribution in [2.75, 3.05) is 18.2 Å². The van der Waals surface area contributed by atoms with Crippen molar-refractivity contribution >= 4 is 38.2 Å². The Morgan fingerprint density at radius 2 is 1.69 bits per heavy atom. The van der Waals surface area contributed by atoms with Gasteiger partial charge in [0.2, 0.25) is 0 Å². The van der Waals surface area contributed by atoms with E-state index in [1.165, 1.54) is 25.2 Å². The van der Waals surface area contributed by atoms with Gasteiger partial charge in [-0.2, -0.15) is 5.10 Å². The summed E-state index contributed by atoms with van der Waals surface area (Å²) < 4.78 is 29.6. The highest BCUT2D eigenvalue weighted by molar-refractivity contribution is 7.90. The topological polar surface area (TPSA) is 124 Å². The number of rotatable bonds is 5. The summed E-state index contributed by atoms with van der Waals surface area (Å²) in [6, 6.07) is 12.3. The van der Waals surface area contributed by atoms with Crippen LogP contribution in [0.4, 0.5) is 5.69 Å². The normalized spacial score (nSPS) is 11.2. The Kier molecular flexibility index (Phi) is 5.46. The number of esters is 1. The number of ether oxygens (including phenoxy) is 1. The molecule has 0 saturated carbocycles. The number of hydrogen-bond donors (Lipinski definition) is 1. The second kappa shape index (κ2) is 7.84. The first-order valence-electron chi connectivity index (χ1n) is 8.40. The van der Waals surface area contributed by atoms with E-state index in [4.69, 9.17) is 4.74 Å². The van der Waals surface area contributed by atoms with Gasteiger partial charge in [0.25, 0.3) is 11.5 Å². The highest BCUT2D eigenvalue weighted by Gasteiger charge is 2.19. The molecule has 1 aromatic heterocycles. The number of anilines is 1. The van der Waals surface area contributed by atoms with Gasteiger partial charge in [-0.15, -0.1) is 0 Å². The van der Waals surface area contributed by atoms with Gasteiger partial charge in [0.15, 0.2) is 22.1 Å². The summed E-state index contributed by atoms with van der Waals surface area (Å²) >= 11 is 0. The van der Waals surface area contributed by atoms with Crippen molar-refractivity contribution in [2.45, 2.75) is 4.90 Å². The van der Waals surface area contributed by atoms with E-state index in [0.29, 0.717) is 10.8 Å². The lowest BCUT2D eigenvalue weighted by molar-refractivity contribution is -0.119. The molecule has 0 atom stereocenters. The van der Waals surface area contributed by atoms with Crippen LogP contribution in [0, 0.1) is 0 Å². The average Bonchev–Trinajstić information content (AvgIpc) is 2.68. The lowest BCUT2D eigenvalue weighted by Gasteiger charge is -2.11. The van der Waals surface area contributed by atoms with E-state index in [0.717, 1.165) is 10.9 Å². The summed E-state index contributed by atoms with van der Waals surface area (Å²) in [5, 5.41) is 6.94. The molecular formula is C19H17N3O6S. The van der Waals surface area contributed by atoms with Crippen LogP contribution in [-0.4, -0.2) is 42.9 Å². The maximum Gasteiger partial charge on any atom is 0.359 e. The van der Waals surface area contributed by atoms with Crippen LogP contribution in [0.3, 0.4) is 0 Å². The van der Waals surface area contributed by atoms with Crippen molar-refractivity contribution in [3.05, 3.63) is 64.6 Å². The minimum absolute atomic E-state index is 0.0506. The largest absolute Gasteiger partial charge is 0.451 e. The molecule has 0 spiro atoms. The van der Waals surface area contributed by atoms with Gasteiger partial charge in [-0.3, -0.25) is 9.59 Å². The van der Waals surface area contributed by atoms with Crippen LogP contribution < -0.4 is 10.9 Å². The van der Waals surface area contributed by atoms with Crippen LogP contribution in [0.2, 0.25) is 0 Å². The lowest BCUT2D eigenvalue weighted by Crippen LogP contribution is -2.26. The second-order valence-corrected chi connectivity index (χ2v) is 8.20. The van der Waals surface area contributed by atoms with Crippen LogP contribution >= 0.6 is 0 Å². The number of sulfone groups is 1. The van der Waals surface area contributed by atoms with Crippen LogP contribution in [0.25, 0.3) is 10.8 Å². The van der Waals surface area contributed by atoms with Crippen molar-refractivity contribution in [3.8, 4) is 0 Å². The maximum absolute atomic E-state index is 12.4. The summed E-state index contributed by atoms with van der Waals surface area (Å²) in [5.41, 5.74) is -0.388. The first kappa shape index (κ1) is 20.2. The van der Waals surface area contributed by atoms with Gasteiger partial charge in [0.05, 0.1) is 16.0 Å². The zero-order valence-corrected chi connectivity index (χ0v) is 16.4. The molecule has 0 aliphatic rings. The quantitative estimate of drug-likeness (QED) is 0.620. The predicted molar refractivity (Wildman–Crippen MR) is 105 cm³/mol. The van der Waals surface area contributed by atoms with Crippen LogP contribution in [0.1, 0.15) is 10.5 Å². The average molecular weight is 415 g/mol. The fourth-order valence-electron chi connectivity index (χ4n) is 2.73. The monoisotopic (exact) mass is 415 g/mol. The highest BCUT2D eigenvalue weighted by Crippen LogP contribution is 2.20. The number of aromatic nitrogens is 2. The van der Waals surface area contributed by atoms with E-state index in [9.17, 15) is 22.8 Å². The fourth-order valence-corrected chi connectivity index (χ4v) is 3.57. The molecule has 10 heteroatoms. The van der Waals surface area contributed by atoms with Gasteiger partial charge in [-0.25, -0.2) is 17.9 Å². The van der Waals surface area contributed by atoms with Gasteiger partial charge >= 0.3 is 5.97 Å². The Hall–Kier alpha value is -3.53. The number of carbonyl (C=O) groups is 2. The first-order chi connectivity index (χ1) is 13.7. The second-order valence-electron chi connectivity index (χ2n) is 6.22. The molecule has 0 unspecified atom stereocenters. The van der Waals surface area contributed by atoms with E-state index in [1.54, 1.807) is 30.3 Å². The van der Waals surface area contributed by atoms with Crippen LogP contribution in [-0.2, 0) is 26.4 Å². The summed E-state index contributed by atoms with van der Waals surface area (Å²) in [5.74, 6) is -1.60. The molecule has 1 heterocycles. The van der Waals surface area contributed by atoms with Crippen molar-refractivity contribution < 1.29 is 22.7 Å². The number of nitrogens with one attached hydrogen (secondary N) is 1. The van der Waals surface area contributed by atoms with Crippen molar-refractivity contribution in [2.24, 2.45) is 7.05 Å². The van der Waals surface area contributed by atoms with Crippen molar-refractivity contribution in [1.82, 2.24) is 9.78 Å². The van der Waals surface area contributed by atoms with E-state index < -0.39 is 28.3 Å². The molecule has 0 fully saturated rings. The number of hydrogen-bond acceptors (Lipinski definition) is 7. The zero-order valence-electron chi connectivity index (χ0n) is 15.6. The minimum Gasteiger partial charge on any atom is -0.451 e. The molecular weight excluding hydrogens is 398 g/mol. The van der Waals surface area contributed by atoms with Gasteiger partial charge in [0.1, 0.15) is 0 Å². The highest BCUT2D eigenvalue weighted by atomic mass is 32.2. The summed E-state index contributed by atoms with van der Waals surface area (Å²) in [7, 11) is -2.15. The third-order valence-electron chi connectivity index (χ3n) is 4.04. The lowest BCUT2D eigenvalue weighted by atomic mass is 10.1. The molecule has 3 rings (SSSR count). The molecule has 3 aromatic rings. The number of fused-ring (bicyclic) bond motifs is 1. The summed E-state index contributed by atoms with van der Waals surface area (Å²) in [6.45, 7) is -0.657. The predicted octanol–water partition coefficient (Wildman–Crippen LogP) is 1.13. The Morgan fingerprint density at radius 1 is 1.07 bits per heavy atom. The van der Waals surface area contributed by atoms with E-state index in [1.807, 2.05) is 0 Å². The molecule has 0 saturated heterocycles. The van der Waals surface area contributed by atoms with Gasteiger partial charge in [-0.1, -0.05) is 30.3 Å². The zero-order chi connectivity index (χ0) is 21.2. The summed E-state index contributed by atoms with van der Waals surface area (Å²) in [4.78, 5) is 36.7. The Morgan fingerprint density at radius 3 is 2.38 bits per heavy atom. The fraction of sp³-hybridized carbons (Fsp3) is 0.158. The van der Waals surface area contributed by atoms with Crippen molar-refractivity contribution in [1.29, 1.82) is 0 Å². The molecule has 2 aromatic carbocycles. The smallest absolute Gasteiger partial charge is 0.359 e. The molecule has 0 radical (unpaired) electrons. The third-order valence-corrected chi connectivity index (χ3v) is 5.20. The minimum atomic E-state index is -3.55. The van der Waals surface area contributed by atoms with Gasteiger partial charge < -0.3 is 10.1 Å². The molecule has 0 bridgehead atoms. The first-order valence-corrected chi connectivity index (χ1v) is 10.3. The SMILES string of the molecule is Cn1nc(C(=O)OCC(=O)Nc2ccccc2S(C)(=O)=O)c2ccccc2c1=O. The molecule has 0 aliphatic heterocycles. The number of amides is 1. The van der Waals surface area contributed by atoms with E-state index >= 15 is 0 Å². The Labute approximate surface area is 165 Å². The third kappa shape index (κ3) is 4.32. The van der Waals surface area contributed by atoms with E-state index in [2.05, 4.69) is 10.4 Å². The number of aryl methyl sites for hydroxylation is 1. The number of benzene rings is 2. The maximum atomic E-state index is 12.4. The van der Waals surface area contributed by atoms with Gasteiger partial charge in [0, 0.05) is 18.7 Å². The Bertz CT molecular complexity index is 1280. The van der Waals surface area contributed by atoms with Crippen LogP contribution in [0.15, 0.2) is 58.2 Å². The molecule has 9 nitrogen and oxygen atoms in total. The molecule has 29 heavy (non-hydrogen) atoms. The van der Waals surface area contributed by atoms with E-state index in [-0.39, 0.29) is 21.8 Å². The van der Waals surface area contributed by atoms with Crippen LogP contribution in [0.5, 0.6) is 0 Å². The number of nitrogens with zero attached hydrogens (tertiary/aromatic N) is 2. The molecule has 150 valence electrons. The molecule has 0 aliphatic carbocycles. The Balaban J connectivity index is 1.78. The van der Waals surface area contributed by atoms with Crippen molar-refractivity contribution in [3.63, 3.8) is 0 Å². The molecule has 1 N–H and O–H groups in total. The molecule has 1 amide bonds. The number of para-hydroxylation sites is 1. The summed E-state index contributed by atoms with van der Waals surface area (Å²) in [6.07, 6.45) is 1.02. The van der Waals surface area contributed by atoms with Gasteiger partial charge in [-0.05, 0) is 18.2 Å².